The quantitative estimate of drug-likeness (QED) is 0.691. The Balaban J connectivity index is 2.75. The lowest BCUT2D eigenvalue weighted by Gasteiger charge is -2.08. The smallest absolute Gasteiger partial charge is 0.168 e. The van der Waals surface area contributed by atoms with Crippen molar-refractivity contribution in [3.05, 3.63) is 29.8 Å². The van der Waals surface area contributed by atoms with Gasteiger partial charge in [0.15, 0.2) is 11.6 Å². The predicted octanol–water partition coefficient (Wildman–Crippen LogP) is 1.83. The lowest BCUT2D eigenvalue weighted by molar-refractivity contribution is 0.0788. The molecule has 0 aliphatic carbocycles. The van der Waals surface area contributed by atoms with Gasteiger partial charge in [0.05, 0.1) is 17.9 Å². The normalized spacial score (nSPS) is 12.5. The molecule has 0 aromatic carbocycles. The molecule has 1 heterocycles. The molecule has 0 aliphatic heterocycles. The number of hydrogen-bond donors (Lipinski definition) is 0. The van der Waals surface area contributed by atoms with Crippen molar-refractivity contribution in [3.8, 4) is 0 Å². The van der Waals surface area contributed by atoms with Crippen molar-refractivity contribution in [1.82, 2.24) is 4.98 Å². The molecular formula is C10H12FNO2. The molecule has 0 fully saturated rings. The number of hydrogen-bond acceptors (Lipinski definition) is 3. The third-order valence-electron chi connectivity index (χ3n) is 1.95. The highest BCUT2D eigenvalue weighted by atomic mass is 19.1. The maximum atomic E-state index is 13.1. The molecule has 1 atom stereocenters. The molecule has 1 aromatic heterocycles. The largest absolute Gasteiger partial charge is 0.381 e. The zero-order chi connectivity index (χ0) is 10.6. The van der Waals surface area contributed by atoms with Gasteiger partial charge in [0.1, 0.15) is 0 Å². The number of rotatable bonds is 4. The van der Waals surface area contributed by atoms with Crippen LogP contribution in [0.2, 0.25) is 0 Å². The minimum absolute atomic E-state index is 0.0731. The Kier molecular flexibility index (Phi) is 3.71. The number of nitrogens with zero attached hydrogens (tertiary/aromatic N) is 1. The van der Waals surface area contributed by atoms with Gasteiger partial charge in [-0.15, -0.1) is 0 Å². The Morgan fingerprint density at radius 3 is 3.00 bits per heavy atom. The zero-order valence-corrected chi connectivity index (χ0v) is 8.16. The van der Waals surface area contributed by atoms with Gasteiger partial charge in [0.2, 0.25) is 0 Å². The van der Waals surface area contributed by atoms with Crippen LogP contribution < -0.4 is 0 Å². The molecule has 0 spiro atoms. The van der Waals surface area contributed by atoms with Crippen molar-refractivity contribution >= 4 is 5.78 Å². The van der Waals surface area contributed by atoms with Crippen LogP contribution in [-0.2, 0) is 4.74 Å². The lowest BCUT2D eigenvalue weighted by atomic mass is 10.1. The summed E-state index contributed by atoms with van der Waals surface area (Å²) >= 11 is 0. The molecule has 1 aromatic rings. The highest BCUT2D eigenvalue weighted by molar-refractivity contribution is 5.96. The summed E-state index contributed by atoms with van der Waals surface area (Å²) in [5.74, 6) is -0.847. The third-order valence-corrected chi connectivity index (χ3v) is 1.95. The van der Waals surface area contributed by atoms with E-state index in [1.54, 1.807) is 6.92 Å². The van der Waals surface area contributed by atoms with Crippen molar-refractivity contribution in [3.63, 3.8) is 0 Å². The topological polar surface area (TPSA) is 39.2 Å². The predicted molar refractivity (Wildman–Crippen MR) is 49.6 cm³/mol. The zero-order valence-electron chi connectivity index (χ0n) is 8.16. The molecule has 0 saturated heterocycles. The van der Waals surface area contributed by atoms with Gasteiger partial charge in [-0.25, -0.2) is 4.39 Å². The van der Waals surface area contributed by atoms with Gasteiger partial charge in [-0.05, 0) is 13.0 Å². The first-order chi connectivity index (χ1) is 6.65. The number of pyridine rings is 1. The molecule has 0 N–H and O–H groups in total. The number of carbonyl (C=O) groups excluding carboxylic acids is 1. The number of carbonyl (C=O) groups is 1. The first-order valence-electron chi connectivity index (χ1n) is 4.30. The molecule has 0 amide bonds. The number of aromatic nitrogens is 1. The number of Topliss-reactive ketones (excluding diaryl/α,β-unsaturated/α-hetero) is 1. The molecule has 0 aliphatic rings. The second-order valence-electron chi connectivity index (χ2n) is 3.03. The van der Waals surface area contributed by atoms with Crippen molar-refractivity contribution < 1.29 is 13.9 Å². The van der Waals surface area contributed by atoms with Crippen LogP contribution in [0.3, 0.4) is 0 Å². The molecule has 76 valence electrons. The molecule has 0 saturated carbocycles. The fourth-order valence-corrected chi connectivity index (χ4v) is 1.06. The third kappa shape index (κ3) is 2.60. The van der Waals surface area contributed by atoms with Gasteiger partial charge in [-0.3, -0.25) is 9.78 Å². The van der Waals surface area contributed by atoms with Crippen LogP contribution in [0.15, 0.2) is 18.5 Å². The maximum Gasteiger partial charge on any atom is 0.168 e. The molecule has 1 unspecified atom stereocenters. The van der Waals surface area contributed by atoms with Crippen molar-refractivity contribution in [2.45, 2.75) is 19.4 Å². The first-order valence-corrected chi connectivity index (χ1v) is 4.30. The van der Waals surface area contributed by atoms with E-state index in [9.17, 15) is 9.18 Å². The van der Waals surface area contributed by atoms with Gasteiger partial charge < -0.3 is 4.74 Å². The van der Waals surface area contributed by atoms with Crippen molar-refractivity contribution in [1.29, 1.82) is 0 Å². The maximum absolute atomic E-state index is 13.1. The van der Waals surface area contributed by atoms with Crippen LogP contribution in [0.4, 0.5) is 4.39 Å². The summed E-state index contributed by atoms with van der Waals surface area (Å²) in [6.07, 6.45) is 2.41. The van der Waals surface area contributed by atoms with E-state index in [-0.39, 0.29) is 23.9 Å². The van der Waals surface area contributed by atoms with Crippen molar-refractivity contribution in [2.75, 3.05) is 7.11 Å². The van der Waals surface area contributed by atoms with Crippen LogP contribution in [-0.4, -0.2) is 24.0 Å². The molecule has 0 radical (unpaired) electrons. The average molecular weight is 197 g/mol. The van der Waals surface area contributed by atoms with Crippen LogP contribution in [0.5, 0.6) is 0 Å². The van der Waals surface area contributed by atoms with E-state index < -0.39 is 5.82 Å². The molecular weight excluding hydrogens is 185 g/mol. The van der Waals surface area contributed by atoms with Gasteiger partial charge in [0, 0.05) is 19.7 Å². The average Bonchev–Trinajstić information content (AvgIpc) is 2.18. The second kappa shape index (κ2) is 4.81. The van der Waals surface area contributed by atoms with Gasteiger partial charge in [0.25, 0.3) is 0 Å². The molecule has 0 bridgehead atoms. The van der Waals surface area contributed by atoms with Crippen LogP contribution in [0.1, 0.15) is 23.7 Å². The van der Waals surface area contributed by atoms with Crippen LogP contribution in [0.25, 0.3) is 0 Å². The molecule has 14 heavy (non-hydrogen) atoms. The van der Waals surface area contributed by atoms with Crippen LogP contribution in [0, 0.1) is 5.82 Å². The number of methoxy groups -OCH3 is 1. The molecule has 3 nitrogen and oxygen atoms in total. The summed E-state index contributed by atoms with van der Waals surface area (Å²) in [5, 5.41) is 0. The van der Waals surface area contributed by atoms with Crippen molar-refractivity contribution in [2.24, 2.45) is 0 Å². The summed E-state index contributed by atoms with van der Waals surface area (Å²) < 4.78 is 18.0. The van der Waals surface area contributed by atoms with Gasteiger partial charge in [-0.2, -0.15) is 0 Å². The number of halogens is 1. The van der Waals surface area contributed by atoms with E-state index in [1.165, 1.54) is 19.4 Å². The first kappa shape index (κ1) is 10.8. The molecule has 4 heteroatoms. The van der Waals surface area contributed by atoms with E-state index >= 15 is 0 Å². The van der Waals surface area contributed by atoms with E-state index in [2.05, 4.69) is 4.98 Å². The summed E-state index contributed by atoms with van der Waals surface area (Å²) in [6.45, 7) is 1.76. The summed E-state index contributed by atoms with van der Waals surface area (Å²) in [7, 11) is 1.51. The van der Waals surface area contributed by atoms with E-state index in [1.807, 2.05) is 0 Å². The number of ether oxygens (including phenoxy) is 1. The number of ketones is 1. The van der Waals surface area contributed by atoms with E-state index in [4.69, 9.17) is 4.74 Å². The van der Waals surface area contributed by atoms with Crippen LogP contribution >= 0.6 is 0 Å². The van der Waals surface area contributed by atoms with Gasteiger partial charge in [-0.1, -0.05) is 0 Å². The Bertz CT molecular complexity index is 328. The molecule has 1 rings (SSSR count). The summed E-state index contributed by atoms with van der Waals surface area (Å²) in [4.78, 5) is 15.1. The monoisotopic (exact) mass is 197 g/mol. The van der Waals surface area contributed by atoms with E-state index in [0.717, 1.165) is 6.20 Å². The SMILES string of the molecule is COC(C)CC(=O)c1ccncc1F. The highest BCUT2D eigenvalue weighted by Gasteiger charge is 2.14. The Hall–Kier alpha value is -1.29. The minimum atomic E-state index is -0.583. The highest BCUT2D eigenvalue weighted by Crippen LogP contribution is 2.10. The Morgan fingerprint density at radius 1 is 1.71 bits per heavy atom. The summed E-state index contributed by atoms with van der Waals surface area (Å²) in [5.41, 5.74) is 0.0731. The Labute approximate surface area is 81.9 Å². The summed E-state index contributed by atoms with van der Waals surface area (Å²) in [6, 6.07) is 1.38. The fraction of sp³-hybridized carbons (Fsp3) is 0.400. The lowest BCUT2D eigenvalue weighted by Crippen LogP contribution is -2.13. The fourth-order valence-electron chi connectivity index (χ4n) is 1.06. The standard InChI is InChI=1S/C10H12FNO2/c1-7(14-2)5-10(13)8-3-4-12-6-9(8)11/h3-4,6-7H,5H2,1-2H3. The van der Waals surface area contributed by atoms with Gasteiger partial charge >= 0.3 is 0 Å². The second-order valence-corrected chi connectivity index (χ2v) is 3.03. The van der Waals surface area contributed by atoms with E-state index in [0.29, 0.717) is 0 Å². The minimum Gasteiger partial charge on any atom is -0.381 e. The Morgan fingerprint density at radius 2 is 2.43 bits per heavy atom.